The summed E-state index contributed by atoms with van der Waals surface area (Å²) < 4.78 is 16.1. The minimum absolute atomic E-state index is 0.0461. The summed E-state index contributed by atoms with van der Waals surface area (Å²) in [5, 5.41) is 5.45. The number of hydrogen-bond donors (Lipinski definition) is 2. The van der Waals surface area contributed by atoms with Crippen molar-refractivity contribution in [2.24, 2.45) is 7.05 Å². The molecule has 0 aliphatic heterocycles. The van der Waals surface area contributed by atoms with Crippen LogP contribution in [0.3, 0.4) is 0 Å². The molecule has 0 saturated carbocycles. The SMILES string of the molecule is Cc1c(NC(=O)CSCC(=O)NCCc2ccc(F)cc2)c(=O)n(-c2ccccc2)n1C. The van der Waals surface area contributed by atoms with Crippen LogP contribution in [0, 0.1) is 12.7 Å². The molecule has 2 aromatic carbocycles. The molecule has 0 bridgehead atoms. The highest BCUT2D eigenvalue weighted by Gasteiger charge is 2.18. The van der Waals surface area contributed by atoms with E-state index in [0.29, 0.717) is 24.3 Å². The lowest BCUT2D eigenvalue weighted by atomic mass is 10.1. The van der Waals surface area contributed by atoms with Crippen LogP contribution in [0.5, 0.6) is 0 Å². The van der Waals surface area contributed by atoms with Crippen LogP contribution in [0.1, 0.15) is 11.3 Å². The lowest BCUT2D eigenvalue weighted by molar-refractivity contribution is -0.118. The van der Waals surface area contributed by atoms with Crippen molar-refractivity contribution >= 4 is 29.3 Å². The second-order valence-electron chi connectivity index (χ2n) is 7.20. The van der Waals surface area contributed by atoms with Gasteiger partial charge in [-0.3, -0.25) is 19.1 Å². The minimum Gasteiger partial charge on any atom is -0.355 e. The van der Waals surface area contributed by atoms with Crippen molar-refractivity contribution in [3.63, 3.8) is 0 Å². The fourth-order valence-electron chi connectivity index (χ4n) is 3.17. The van der Waals surface area contributed by atoms with E-state index in [4.69, 9.17) is 0 Å². The number of nitrogens with zero attached hydrogens (tertiary/aromatic N) is 2. The summed E-state index contributed by atoms with van der Waals surface area (Å²) in [5.74, 6) is -0.659. The lowest BCUT2D eigenvalue weighted by Gasteiger charge is -2.07. The molecule has 0 radical (unpaired) electrons. The molecule has 0 spiro atoms. The first-order valence-corrected chi connectivity index (χ1v) is 11.2. The summed E-state index contributed by atoms with van der Waals surface area (Å²) in [5.41, 5.74) is 2.18. The van der Waals surface area contributed by atoms with Gasteiger partial charge in [-0.2, -0.15) is 0 Å². The molecular formula is C23H25FN4O3S. The van der Waals surface area contributed by atoms with Crippen molar-refractivity contribution in [3.05, 3.63) is 82.0 Å². The molecule has 0 aliphatic rings. The molecule has 1 aromatic heterocycles. The third-order valence-corrected chi connectivity index (χ3v) is 5.87. The maximum atomic E-state index is 12.9. The van der Waals surface area contributed by atoms with Gasteiger partial charge >= 0.3 is 0 Å². The number of carbonyl (C=O) groups excluding carboxylic acids is 2. The Morgan fingerprint density at radius 1 is 1.00 bits per heavy atom. The largest absolute Gasteiger partial charge is 0.355 e. The van der Waals surface area contributed by atoms with E-state index in [0.717, 1.165) is 5.56 Å². The smallest absolute Gasteiger partial charge is 0.295 e. The van der Waals surface area contributed by atoms with E-state index >= 15 is 0 Å². The molecule has 9 heteroatoms. The number of aromatic nitrogens is 2. The van der Waals surface area contributed by atoms with Gasteiger partial charge in [-0.25, -0.2) is 9.07 Å². The quantitative estimate of drug-likeness (QED) is 0.519. The lowest BCUT2D eigenvalue weighted by Crippen LogP contribution is -2.28. The maximum Gasteiger partial charge on any atom is 0.295 e. The van der Waals surface area contributed by atoms with Crippen LogP contribution >= 0.6 is 11.8 Å². The zero-order chi connectivity index (χ0) is 23.1. The molecule has 2 N–H and O–H groups in total. The van der Waals surface area contributed by atoms with Crippen LogP contribution in [0.25, 0.3) is 5.69 Å². The van der Waals surface area contributed by atoms with E-state index in [9.17, 15) is 18.8 Å². The fourth-order valence-corrected chi connectivity index (χ4v) is 3.82. The van der Waals surface area contributed by atoms with Crippen molar-refractivity contribution in [1.82, 2.24) is 14.7 Å². The van der Waals surface area contributed by atoms with Crippen LogP contribution in [0.2, 0.25) is 0 Å². The molecule has 0 atom stereocenters. The highest BCUT2D eigenvalue weighted by atomic mass is 32.2. The Morgan fingerprint density at radius 3 is 2.34 bits per heavy atom. The number of hydrogen-bond acceptors (Lipinski definition) is 4. The first kappa shape index (κ1) is 23.3. The van der Waals surface area contributed by atoms with Crippen LogP contribution < -0.4 is 16.2 Å². The minimum atomic E-state index is -0.347. The van der Waals surface area contributed by atoms with E-state index in [-0.39, 0.29) is 40.4 Å². The number of thioether (sulfide) groups is 1. The molecule has 0 aliphatic carbocycles. The van der Waals surface area contributed by atoms with Gasteiger partial charge in [-0.15, -0.1) is 11.8 Å². The number of benzene rings is 2. The van der Waals surface area contributed by atoms with Crippen molar-refractivity contribution < 1.29 is 14.0 Å². The van der Waals surface area contributed by atoms with Crippen LogP contribution in [0.4, 0.5) is 10.1 Å². The molecular weight excluding hydrogens is 431 g/mol. The number of carbonyl (C=O) groups is 2. The third-order valence-electron chi connectivity index (χ3n) is 4.93. The number of rotatable bonds is 9. The summed E-state index contributed by atoms with van der Waals surface area (Å²) in [4.78, 5) is 37.1. The van der Waals surface area contributed by atoms with Gasteiger partial charge in [0.25, 0.3) is 5.56 Å². The number of amides is 2. The highest BCUT2D eigenvalue weighted by Crippen LogP contribution is 2.14. The molecule has 0 unspecified atom stereocenters. The standard InChI is InChI=1S/C23H25FN4O3S/c1-16-22(23(31)28(27(16)2)19-6-4-3-5-7-19)26-21(30)15-32-14-20(29)25-13-12-17-8-10-18(24)11-9-17/h3-11H,12-15H2,1-2H3,(H,25,29)(H,26,30). The van der Waals surface area contributed by atoms with Gasteiger partial charge in [-0.05, 0) is 43.2 Å². The van der Waals surface area contributed by atoms with Crippen molar-refractivity contribution in [2.75, 3.05) is 23.4 Å². The topological polar surface area (TPSA) is 85.1 Å². The van der Waals surface area contributed by atoms with E-state index in [1.165, 1.54) is 28.6 Å². The summed E-state index contributed by atoms with van der Waals surface area (Å²) in [6.07, 6.45) is 0.595. The van der Waals surface area contributed by atoms with Gasteiger partial charge in [0.2, 0.25) is 11.8 Å². The Hall–Kier alpha value is -3.33. The summed E-state index contributed by atoms with van der Waals surface area (Å²) in [7, 11) is 1.75. The molecule has 2 amide bonds. The Morgan fingerprint density at radius 2 is 1.66 bits per heavy atom. The Balaban J connectivity index is 1.46. The molecule has 1 heterocycles. The average Bonchev–Trinajstić information content (AvgIpc) is 2.99. The van der Waals surface area contributed by atoms with Crippen LogP contribution in [-0.4, -0.2) is 39.2 Å². The summed E-state index contributed by atoms with van der Waals surface area (Å²) in [6.45, 7) is 2.19. The average molecular weight is 457 g/mol. The van der Waals surface area contributed by atoms with Gasteiger partial charge in [0, 0.05) is 13.6 Å². The number of para-hydroxylation sites is 1. The predicted octanol–water partition coefficient (Wildman–Crippen LogP) is 2.65. The van der Waals surface area contributed by atoms with Gasteiger partial charge in [-0.1, -0.05) is 30.3 Å². The van der Waals surface area contributed by atoms with Gasteiger partial charge < -0.3 is 10.6 Å². The van der Waals surface area contributed by atoms with Crippen molar-refractivity contribution in [2.45, 2.75) is 13.3 Å². The molecule has 0 saturated heterocycles. The predicted molar refractivity (Wildman–Crippen MR) is 125 cm³/mol. The second-order valence-corrected chi connectivity index (χ2v) is 8.19. The van der Waals surface area contributed by atoms with E-state index in [1.54, 1.807) is 30.8 Å². The zero-order valence-corrected chi connectivity index (χ0v) is 18.7. The normalized spacial score (nSPS) is 10.7. The number of anilines is 1. The Kier molecular flexibility index (Phi) is 7.88. The fraction of sp³-hybridized carbons (Fsp3) is 0.261. The first-order valence-electron chi connectivity index (χ1n) is 10.1. The molecule has 32 heavy (non-hydrogen) atoms. The maximum absolute atomic E-state index is 12.9. The van der Waals surface area contributed by atoms with E-state index in [2.05, 4.69) is 10.6 Å². The first-order chi connectivity index (χ1) is 15.4. The molecule has 168 valence electrons. The number of halogens is 1. The van der Waals surface area contributed by atoms with Crippen molar-refractivity contribution in [3.8, 4) is 5.69 Å². The van der Waals surface area contributed by atoms with Gasteiger partial charge in [0.1, 0.15) is 11.5 Å². The van der Waals surface area contributed by atoms with Gasteiger partial charge in [0.05, 0.1) is 22.9 Å². The third kappa shape index (κ3) is 5.88. The van der Waals surface area contributed by atoms with Crippen LogP contribution in [0.15, 0.2) is 59.4 Å². The second kappa shape index (κ2) is 10.8. The zero-order valence-electron chi connectivity index (χ0n) is 17.9. The van der Waals surface area contributed by atoms with E-state index in [1.807, 2.05) is 30.3 Å². The van der Waals surface area contributed by atoms with Gasteiger partial charge in [0.15, 0.2) is 0 Å². The molecule has 7 nitrogen and oxygen atoms in total. The Bertz CT molecular complexity index is 1140. The summed E-state index contributed by atoms with van der Waals surface area (Å²) >= 11 is 1.17. The molecule has 3 aromatic rings. The number of nitrogens with one attached hydrogen (secondary N) is 2. The monoisotopic (exact) mass is 456 g/mol. The molecule has 0 fully saturated rings. The van der Waals surface area contributed by atoms with Crippen molar-refractivity contribution in [1.29, 1.82) is 0 Å². The molecule has 3 rings (SSSR count). The van der Waals surface area contributed by atoms with Crippen LogP contribution in [-0.2, 0) is 23.1 Å². The highest BCUT2D eigenvalue weighted by molar-refractivity contribution is 8.00. The van der Waals surface area contributed by atoms with E-state index < -0.39 is 0 Å². The summed E-state index contributed by atoms with van der Waals surface area (Å²) in [6, 6.07) is 15.3. The Labute approximate surface area is 189 Å².